The van der Waals surface area contributed by atoms with Crippen LogP contribution in [0.2, 0.25) is 0 Å². The molecule has 4 heteroatoms. The van der Waals surface area contributed by atoms with E-state index in [2.05, 4.69) is 10.6 Å². The smallest absolute Gasteiger partial charge is 0.407 e. The molecule has 0 unspecified atom stereocenters. The first kappa shape index (κ1) is 13.4. The van der Waals surface area contributed by atoms with Gasteiger partial charge < -0.3 is 15.4 Å². The summed E-state index contributed by atoms with van der Waals surface area (Å²) in [7, 11) is 1.86. The maximum Gasteiger partial charge on any atom is 0.407 e. The lowest BCUT2D eigenvalue weighted by Gasteiger charge is -2.19. The Morgan fingerprint density at radius 1 is 1.24 bits per heavy atom. The van der Waals surface area contributed by atoms with E-state index >= 15 is 0 Å². The minimum absolute atomic E-state index is 0.271. The number of alkyl carbamates (subject to hydrolysis) is 1. The topological polar surface area (TPSA) is 50.4 Å². The summed E-state index contributed by atoms with van der Waals surface area (Å²) >= 11 is 0. The van der Waals surface area contributed by atoms with Gasteiger partial charge in [0, 0.05) is 18.3 Å². The summed E-state index contributed by atoms with van der Waals surface area (Å²) in [5.74, 6) is 0. The maximum atomic E-state index is 11.4. The zero-order chi connectivity index (χ0) is 12.9. The zero-order valence-corrected chi connectivity index (χ0v) is 10.8. The van der Waals surface area contributed by atoms with Gasteiger partial charge in [-0.1, -0.05) is 12.1 Å². The van der Waals surface area contributed by atoms with Gasteiger partial charge in [-0.2, -0.15) is 0 Å². The lowest BCUT2D eigenvalue weighted by Crippen LogP contribution is -2.40. The van der Waals surface area contributed by atoms with Gasteiger partial charge in [-0.05, 0) is 38.5 Å². The van der Waals surface area contributed by atoms with E-state index in [1.807, 2.05) is 52.1 Å². The normalized spacial score (nSPS) is 10.8. The van der Waals surface area contributed by atoms with Crippen molar-refractivity contribution in [1.82, 2.24) is 5.32 Å². The molecule has 0 aliphatic carbocycles. The molecule has 0 fully saturated rings. The van der Waals surface area contributed by atoms with Gasteiger partial charge in [-0.3, -0.25) is 0 Å². The molecule has 1 aromatic carbocycles. The molecule has 0 spiro atoms. The Kier molecular flexibility index (Phi) is 4.37. The van der Waals surface area contributed by atoms with Gasteiger partial charge in [0.1, 0.15) is 6.61 Å². The van der Waals surface area contributed by atoms with Crippen molar-refractivity contribution in [3.63, 3.8) is 0 Å². The van der Waals surface area contributed by atoms with Crippen molar-refractivity contribution in [1.29, 1.82) is 0 Å². The second kappa shape index (κ2) is 5.57. The highest BCUT2D eigenvalue weighted by Crippen LogP contribution is 2.09. The van der Waals surface area contributed by atoms with Crippen LogP contribution in [0.1, 0.15) is 26.3 Å². The van der Waals surface area contributed by atoms with E-state index in [-0.39, 0.29) is 12.1 Å². The van der Waals surface area contributed by atoms with Gasteiger partial charge in [0.15, 0.2) is 0 Å². The van der Waals surface area contributed by atoms with Crippen molar-refractivity contribution in [3.05, 3.63) is 29.8 Å². The molecule has 0 aliphatic heterocycles. The first-order chi connectivity index (χ1) is 7.90. The average Bonchev–Trinajstić information content (AvgIpc) is 2.25. The van der Waals surface area contributed by atoms with Crippen molar-refractivity contribution in [2.75, 3.05) is 12.4 Å². The molecule has 1 amide bonds. The lowest BCUT2D eigenvalue weighted by atomic mass is 10.1. The third-order valence-electron chi connectivity index (χ3n) is 2.09. The SMILES string of the molecule is CNc1ccc(COC(=O)NC(C)(C)C)cc1. The summed E-state index contributed by atoms with van der Waals surface area (Å²) in [5.41, 5.74) is 1.73. The van der Waals surface area contributed by atoms with Crippen molar-refractivity contribution >= 4 is 11.8 Å². The standard InChI is InChI=1S/C13H20N2O2/c1-13(2,3)15-12(16)17-9-10-5-7-11(14-4)8-6-10/h5-8,14H,9H2,1-4H3,(H,15,16). The molecule has 0 saturated carbocycles. The fourth-order valence-corrected chi connectivity index (χ4v) is 1.26. The third kappa shape index (κ3) is 5.24. The van der Waals surface area contributed by atoms with Gasteiger partial charge in [0.2, 0.25) is 0 Å². The number of rotatable bonds is 3. The highest BCUT2D eigenvalue weighted by Gasteiger charge is 2.14. The van der Waals surface area contributed by atoms with E-state index in [1.54, 1.807) is 0 Å². The second-order valence-electron chi connectivity index (χ2n) is 4.90. The molecule has 0 atom stereocenters. The van der Waals surface area contributed by atoms with Crippen molar-refractivity contribution in [2.45, 2.75) is 32.9 Å². The highest BCUT2D eigenvalue weighted by molar-refractivity contribution is 5.68. The van der Waals surface area contributed by atoms with Gasteiger partial charge in [0.25, 0.3) is 0 Å². The van der Waals surface area contributed by atoms with Crippen LogP contribution < -0.4 is 10.6 Å². The Bertz CT molecular complexity index is 366. The Balaban J connectivity index is 2.42. The van der Waals surface area contributed by atoms with Crippen LogP contribution in [0.15, 0.2) is 24.3 Å². The Morgan fingerprint density at radius 3 is 2.29 bits per heavy atom. The summed E-state index contributed by atoms with van der Waals surface area (Å²) in [6.07, 6.45) is -0.393. The van der Waals surface area contributed by atoms with Crippen LogP contribution in [-0.4, -0.2) is 18.7 Å². The summed E-state index contributed by atoms with van der Waals surface area (Å²) < 4.78 is 5.11. The zero-order valence-electron chi connectivity index (χ0n) is 10.8. The molecule has 0 aromatic heterocycles. The fourth-order valence-electron chi connectivity index (χ4n) is 1.26. The molecule has 0 aliphatic rings. The number of carbonyl (C=O) groups is 1. The number of hydrogen-bond acceptors (Lipinski definition) is 3. The van der Waals surface area contributed by atoms with Crippen LogP contribution in [0, 0.1) is 0 Å². The van der Waals surface area contributed by atoms with Crippen LogP contribution in [0.3, 0.4) is 0 Å². The fraction of sp³-hybridized carbons (Fsp3) is 0.462. The molecule has 2 N–H and O–H groups in total. The van der Waals surface area contributed by atoms with Crippen LogP contribution >= 0.6 is 0 Å². The van der Waals surface area contributed by atoms with Gasteiger partial charge >= 0.3 is 6.09 Å². The van der Waals surface area contributed by atoms with Crippen molar-refractivity contribution in [2.24, 2.45) is 0 Å². The number of hydrogen-bond donors (Lipinski definition) is 2. The molecule has 0 radical (unpaired) electrons. The molecule has 0 saturated heterocycles. The van der Waals surface area contributed by atoms with E-state index in [1.165, 1.54) is 0 Å². The van der Waals surface area contributed by atoms with Crippen LogP contribution in [-0.2, 0) is 11.3 Å². The molecule has 4 nitrogen and oxygen atoms in total. The van der Waals surface area contributed by atoms with E-state index in [4.69, 9.17) is 4.74 Å². The minimum Gasteiger partial charge on any atom is -0.445 e. The predicted octanol–water partition coefficient (Wildman–Crippen LogP) is 2.75. The number of anilines is 1. The largest absolute Gasteiger partial charge is 0.445 e. The Hall–Kier alpha value is -1.71. The maximum absolute atomic E-state index is 11.4. The van der Waals surface area contributed by atoms with Crippen molar-refractivity contribution < 1.29 is 9.53 Å². The average molecular weight is 236 g/mol. The number of amides is 1. The van der Waals surface area contributed by atoms with E-state index in [0.29, 0.717) is 0 Å². The molecule has 94 valence electrons. The van der Waals surface area contributed by atoms with Crippen molar-refractivity contribution in [3.8, 4) is 0 Å². The molecule has 0 heterocycles. The Morgan fingerprint density at radius 2 is 1.82 bits per heavy atom. The summed E-state index contributed by atoms with van der Waals surface area (Å²) in [4.78, 5) is 11.4. The number of nitrogens with one attached hydrogen (secondary N) is 2. The van der Waals surface area contributed by atoms with E-state index < -0.39 is 6.09 Å². The minimum atomic E-state index is -0.393. The Labute approximate surface area is 102 Å². The summed E-state index contributed by atoms with van der Waals surface area (Å²) in [6, 6.07) is 7.74. The molecular weight excluding hydrogens is 216 g/mol. The van der Waals surface area contributed by atoms with E-state index in [0.717, 1.165) is 11.3 Å². The quantitative estimate of drug-likeness (QED) is 0.848. The highest BCUT2D eigenvalue weighted by atomic mass is 16.5. The number of carbonyl (C=O) groups excluding carboxylic acids is 1. The lowest BCUT2D eigenvalue weighted by molar-refractivity contribution is 0.131. The molecule has 1 rings (SSSR count). The first-order valence-electron chi connectivity index (χ1n) is 5.62. The molecule has 1 aromatic rings. The monoisotopic (exact) mass is 236 g/mol. The first-order valence-corrected chi connectivity index (χ1v) is 5.62. The summed E-state index contributed by atoms with van der Waals surface area (Å²) in [5, 5.41) is 5.77. The van der Waals surface area contributed by atoms with Gasteiger partial charge in [0.05, 0.1) is 0 Å². The van der Waals surface area contributed by atoms with Crippen LogP contribution in [0.25, 0.3) is 0 Å². The molecular formula is C13H20N2O2. The van der Waals surface area contributed by atoms with Crippen LogP contribution in [0.4, 0.5) is 10.5 Å². The summed E-state index contributed by atoms with van der Waals surface area (Å²) in [6.45, 7) is 6.02. The van der Waals surface area contributed by atoms with Gasteiger partial charge in [-0.25, -0.2) is 4.79 Å². The molecule has 17 heavy (non-hydrogen) atoms. The number of benzene rings is 1. The van der Waals surface area contributed by atoms with Crippen LogP contribution in [0.5, 0.6) is 0 Å². The third-order valence-corrected chi connectivity index (χ3v) is 2.09. The van der Waals surface area contributed by atoms with Gasteiger partial charge in [-0.15, -0.1) is 0 Å². The predicted molar refractivity (Wildman–Crippen MR) is 69.1 cm³/mol. The number of ether oxygens (including phenoxy) is 1. The van der Waals surface area contributed by atoms with E-state index in [9.17, 15) is 4.79 Å². The molecule has 0 bridgehead atoms. The second-order valence-corrected chi connectivity index (χ2v) is 4.90.